The van der Waals surface area contributed by atoms with Crippen LogP contribution in [-0.4, -0.2) is 0 Å². The molecular formula is C58H42. The fourth-order valence-electron chi connectivity index (χ4n) is 11.3. The second kappa shape index (κ2) is 10.7. The molecule has 0 bridgehead atoms. The predicted molar refractivity (Wildman–Crippen MR) is 256 cm³/mol. The molecule has 0 aliphatic rings. The van der Waals surface area contributed by atoms with Crippen LogP contribution in [-0.2, 0) is 10.8 Å². The predicted octanol–water partition coefficient (Wildman–Crippen LogP) is 17.0. The maximum Gasteiger partial charge on any atom is -0.0000703 e. The van der Waals surface area contributed by atoms with Gasteiger partial charge in [-0.3, -0.25) is 0 Å². The van der Waals surface area contributed by atoms with Gasteiger partial charge in [0.15, 0.2) is 0 Å². The Hall–Kier alpha value is -6.50. The van der Waals surface area contributed by atoms with Gasteiger partial charge in [-0.1, -0.05) is 163 Å². The maximum atomic E-state index is 2.54. The summed E-state index contributed by atoms with van der Waals surface area (Å²) in [7, 11) is 0. The fourth-order valence-corrected chi connectivity index (χ4v) is 11.3. The molecule has 0 radical (unpaired) electrons. The molecule has 58 heavy (non-hydrogen) atoms. The minimum absolute atomic E-state index is 0.00104. The first-order valence-electron chi connectivity index (χ1n) is 20.9. The quantitative estimate of drug-likeness (QED) is 0.107. The lowest BCUT2D eigenvalue weighted by Crippen LogP contribution is -2.10. The summed E-state index contributed by atoms with van der Waals surface area (Å²) in [6.45, 7) is 14.1. The van der Waals surface area contributed by atoms with E-state index in [2.05, 4.69) is 187 Å². The van der Waals surface area contributed by atoms with Crippen LogP contribution in [0.25, 0.3) is 129 Å². The minimum Gasteiger partial charge on any atom is -0.0616 e. The molecule has 0 aliphatic carbocycles. The average molecular weight is 739 g/mol. The molecule has 13 rings (SSSR count). The lowest BCUT2D eigenvalue weighted by Gasteiger charge is -2.27. The standard InChI is InChI=1S/C58H42/c1-57(2,3)33-23-25-41-45(29-33)47-35-17-9-7-15-31(35)27-43-37-19-11-14-22-40(37)50-52-42-26-24-34(58(4,5)6)30-46(42)48-36-18-10-8-16-32(36)28-44-38-20-12-13-21-39(38)49(56(52)54(44)48)51(41)55(50)53(43)47/h7-30H,1-6H3. The first-order valence-corrected chi connectivity index (χ1v) is 20.9. The summed E-state index contributed by atoms with van der Waals surface area (Å²) in [6, 6.07) is 56.6. The highest BCUT2D eigenvalue weighted by Gasteiger charge is 2.29. The van der Waals surface area contributed by atoms with Crippen LogP contribution in [0.2, 0.25) is 0 Å². The van der Waals surface area contributed by atoms with Crippen LogP contribution >= 0.6 is 0 Å². The van der Waals surface area contributed by atoms with Gasteiger partial charge in [-0.2, -0.15) is 0 Å². The molecule has 13 aromatic carbocycles. The van der Waals surface area contributed by atoms with Crippen LogP contribution in [0.1, 0.15) is 52.7 Å². The van der Waals surface area contributed by atoms with Gasteiger partial charge in [0.05, 0.1) is 0 Å². The SMILES string of the molecule is CC(C)(C)c1ccc2c(c1)c1c3ccccc3cc3c4ccccc4c4c5c6ccc(C(C)(C)C)cc6c6c7ccccc7cc7c8ccccc8c(c2c4c31)c5c76. The summed E-state index contributed by atoms with van der Waals surface area (Å²) in [5, 5.41) is 32.4. The fraction of sp³-hybridized carbons (Fsp3) is 0.138. The molecule has 0 N–H and O–H groups in total. The van der Waals surface area contributed by atoms with E-state index in [1.54, 1.807) is 0 Å². The Balaban J connectivity index is 1.49. The van der Waals surface area contributed by atoms with E-state index < -0.39 is 0 Å². The van der Waals surface area contributed by atoms with Crippen molar-refractivity contribution in [1.82, 2.24) is 0 Å². The summed E-state index contributed by atoms with van der Waals surface area (Å²) in [5.74, 6) is 0. The summed E-state index contributed by atoms with van der Waals surface area (Å²) >= 11 is 0. The van der Waals surface area contributed by atoms with Gasteiger partial charge in [-0.15, -0.1) is 0 Å². The van der Waals surface area contributed by atoms with Gasteiger partial charge in [0.2, 0.25) is 0 Å². The molecule has 0 fully saturated rings. The van der Waals surface area contributed by atoms with Crippen molar-refractivity contribution in [1.29, 1.82) is 0 Å². The summed E-state index contributed by atoms with van der Waals surface area (Å²) in [5.41, 5.74) is 2.72. The highest BCUT2D eigenvalue weighted by atomic mass is 14.3. The van der Waals surface area contributed by atoms with Crippen molar-refractivity contribution < 1.29 is 0 Å². The van der Waals surface area contributed by atoms with Gasteiger partial charge in [-0.05, 0) is 175 Å². The largest absolute Gasteiger partial charge is 0.0616 e. The molecule has 0 heterocycles. The number of rotatable bonds is 0. The zero-order valence-electron chi connectivity index (χ0n) is 33.9. The van der Waals surface area contributed by atoms with Crippen LogP contribution in [0.15, 0.2) is 146 Å². The zero-order valence-corrected chi connectivity index (χ0v) is 33.9. The van der Waals surface area contributed by atoms with E-state index in [9.17, 15) is 0 Å². The average Bonchev–Trinajstić information content (AvgIpc) is 3.23. The third kappa shape index (κ3) is 3.96. The van der Waals surface area contributed by atoms with Gasteiger partial charge in [0.25, 0.3) is 0 Å². The monoisotopic (exact) mass is 738 g/mol. The Morgan fingerprint density at radius 1 is 0.224 bits per heavy atom. The van der Waals surface area contributed by atoms with Crippen LogP contribution in [0.3, 0.4) is 0 Å². The van der Waals surface area contributed by atoms with Gasteiger partial charge >= 0.3 is 0 Å². The van der Waals surface area contributed by atoms with Crippen molar-refractivity contribution in [2.24, 2.45) is 0 Å². The van der Waals surface area contributed by atoms with Crippen LogP contribution < -0.4 is 0 Å². The smallest absolute Gasteiger partial charge is 0.0000703 e. The summed E-state index contributed by atoms with van der Waals surface area (Å²) < 4.78 is 0. The van der Waals surface area contributed by atoms with Crippen molar-refractivity contribution in [2.45, 2.75) is 52.4 Å². The lowest BCUT2D eigenvalue weighted by atomic mass is 9.75. The molecule has 0 unspecified atom stereocenters. The lowest BCUT2D eigenvalue weighted by molar-refractivity contribution is 0.591. The Bertz CT molecular complexity index is 3700. The van der Waals surface area contributed by atoms with E-state index in [1.807, 2.05) is 0 Å². The van der Waals surface area contributed by atoms with Gasteiger partial charge in [0.1, 0.15) is 0 Å². The first-order chi connectivity index (χ1) is 28.1. The third-order valence-electron chi connectivity index (χ3n) is 13.9. The van der Waals surface area contributed by atoms with Crippen LogP contribution in [0.4, 0.5) is 0 Å². The van der Waals surface area contributed by atoms with Gasteiger partial charge in [0, 0.05) is 0 Å². The Morgan fingerprint density at radius 3 is 0.897 bits per heavy atom. The number of benzene rings is 13. The molecule has 0 heteroatoms. The maximum absolute atomic E-state index is 2.54. The van der Waals surface area contributed by atoms with Crippen molar-refractivity contribution in [2.75, 3.05) is 0 Å². The van der Waals surface area contributed by atoms with Crippen molar-refractivity contribution in [3.8, 4) is 0 Å². The summed E-state index contributed by atoms with van der Waals surface area (Å²) in [4.78, 5) is 0. The van der Waals surface area contributed by atoms with Crippen molar-refractivity contribution in [3.05, 3.63) is 157 Å². The van der Waals surface area contributed by atoms with Crippen molar-refractivity contribution >= 4 is 129 Å². The molecule has 274 valence electrons. The number of fused-ring (bicyclic) bond motifs is 18. The molecular weight excluding hydrogens is 697 g/mol. The molecule has 0 saturated heterocycles. The molecule has 0 aromatic heterocycles. The third-order valence-corrected chi connectivity index (χ3v) is 13.9. The Morgan fingerprint density at radius 2 is 0.517 bits per heavy atom. The minimum atomic E-state index is -0.00104. The van der Waals surface area contributed by atoms with E-state index >= 15 is 0 Å². The number of hydrogen-bond acceptors (Lipinski definition) is 0. The van der Waals surface area contributed by atoms with Crippen molar-refractivity contribution in [3.63, 3.8) is 0 Å². The molecule has 0 amide bonds. The number of hydrogen-bond donors (Lipinski definition) is 0. The molecule has 13 aromatic rings. The zero-order chi connectivity index (χ0) is 39.0. The second-order valence-electron chi connectivity index (χ2n) is 19.2. The van der Waals surface area contributed by atoms with E-state index in [-0.39, 0.29) is 10.8 Å². The van der Waals surface area contributed by atoms with Crippen LogP contribution in [0, 0.1) is 0 Å². The highest BCUT2D eigenvalue weighted by molar-refractivity contribution is 6.57. The van der Waals surface area contributed by atoms with Crippen LogP contribution in [0.5, 0.6) is 0 Å². The Labute approximate surface area is 336 Å². The summed E-state index contributed by atoms with van der Waals surface area (Å²) in [6.07, 6.45) is 0. The normalized spacial score (nSPS) is 13.3. The second-order valence-corrected chi connectivity index (χ2v) is 19.2. The molecule has 0 spiro atoms. The van der Waals surface area contributed by atoms with E-state index in [0.717, 1.165) is 0 Å². The first kappa shape index (κ1) is 32.6. The Kier molecular flexibility index (Phi) is 6.01. The van der Waals surface area contributed by atoms with E-state index in [0.29, 0.717) is 0 Å². The topological polar surface area (TPSA) is 0 Å². The van der Waals surface area contributed by atoms with E-state index in [1.165, 1.54) is 140 Å². The highest BCUT2D eigenvalue weighted by Crippen LogP contribution is 2.57. The molecule has 0 saturated carbocycles. The molecule has 0 atom stereocenters. The molecule has 0 aliphatic heterocycles. The molecule has 0 nitrogen and oxygen atoms in total. The van der Waals surface area contributed by atoms with Gasteiger partial charge in [-0.25, -0.2) is 0 Å². The van der Waals surface area contributed by atoms with E-state index in [4.69, 9.17) is 0 Å². The van der Waals surface area contributed by atoms with Gasteiger partial charge < -0.3 is 0 Å².